The van der Waals surface area contributed by atoms with E-state index in [1.165, 1.54) is 11.3 Å². The number of carbonyl (C=O) groups is 1. The Kier molecular flexibility index (Phi) is 7.46. The number of aliphatic hydroxyl groups excluding tert-OH is 1. The normalized spacial score (nSPS) is 13.0. The molecule has 26 heavy (non-hydrogen) atoms. The summed E-state index contributed by atoms with van der Waals surface area (Å²) in [7, 11) is 0. The number of halogens is 1. The summed E-state index contributed by atoms with van der Waals surface area (Å²) in [5, 5.41) is 15.1. The van der Waals surface area contributed by atoms with Gasteiger partial charge in [0.05, 0.1) is 5.01 Å². The number of ether oxygens (including phenoxy) is 3. The maximum Gasteiger partial charge on any atom is 0.270 e. The van der Waals surface area contributed by atoms with Crippen LogP contribution in [0.3, 0.4) is 0 Å². The van der Waals surface area contributed by atoms with E-state index >= 15 is 0 Å². The van der Waals surface area contributed by atoms with Crippen LogP contribution in [0.25, 0.3) is 0 Å². The van der Waals surface area contributed by atoms with Gasteiger partial charge in [-0.3, -0.25) is 4.79 Å². The van der Waals surface area contributed by atoms with E-state index in [0.717, 1.165) is 5.01 Å². The highest BCUT2D eigenvalue weighted by Crippen LogP contribution is 2.35. The zero-order chi connectivity index (χ0) is 17.6. The van der Waals surface area contributed by atoms with Crippen LogP contribution in [-0.4, -0.2) is 48.6 Å². The molecule has 0 bridgehead atoms. The number of carbonyl (C=O) groups excluding carboxylic acids is 1. The third kappa shape index (κ3) is 5.21. The molecule has 2 aromatic rings. The molecule has 1 atom stereocenters. The van der Waals surface area contributed by atoms with Crippen LogP contribution < -0.4 is 25.3 Å². The van der Waals surface area contributed by atoms with Crippen molar-refractivity contribution in [1.82, 2.24) is 10.3 Å². The molecule has 142 valence electrons. The van der Waals surface area contributed by atoms with Crippen LogP contribution in [-0.2, 0) is 6.42 Å². The quantitative estimate of drug-likeness (QED) is 0.603. The Morgan fingerprint density at radius 3 is 3.04 bits per heavy atom. The van der Waals surface area contributed by atoms with E-state index in [9.17, 15) is 9.90 Å². The number of aromatic nitrogens is 1. The second-order valence-corrected chi connectivity index (χ2v) is 6.30. The summed E-state index contributed by atoms with van der Waals surface area (Å²) >= 11 is 1.39. The van der Waals surface area contributed by atoms with Crippen molar-refractivity contribution >= 4 is 29.7 Å². The highest BCUT2D eigenvalue weighted by atomic mass is 35.5. The average molecular weight is 402 g/mol. The lowest BCUT2D eigenvalue weighted by atomic mass is 10.3. The summed E-state index contributed by atoms with van der Waals surface area (Å²) in [4.78, 5) is 16.2. The smallest absolute Gasteiger partial charge is 0.270 e. The number of thiazole rings is 1. The van der Waals surface area contributed by atoms with Gasteiger partial charge >= 0.3 is 0 Å². The number of benzene rings is 1. The molecule has 0 saturated heterocycles. The van der Waals surface area contributed by atoms with Crippen molar-refractivity contribution in [3.63, 3.8) is 0 Å². The summed E-state index contributed by atoms with van der Waals surface area (Å²) in [6.07, 6.45) is -0.208. The number of nitrogens with zero attached hydrogens (tertiary/aromatic N) is 1. The van der Waals surface area contributed by atoms with Crippen LogP contribution in [0.4, 0.5) is 0 Å². The average Bonchev–Trinajstić information content (AvgIpc) is 3.26. The highest BCUT2D eigenvalue weighted by molar-refractivity contribution is 7.09. The fourth-order valence-corrected chi connectivity index (χ4v) is 2.97. The van der Waals surface area contributed by atoms with E-state index in [0.29, 0.717) is 35.9 Å². The van der Waals surface area contributed by atoms with Crippen LogP contribution >= 0.6 is 23.7 Å². The van der Waals surface area contributed by atoms with E-state index in [4.69, 9.17) is 19.9 Å². The molecule has 1 aromatic heterocycles. The number of nitrogens with two attached hydrogens (primary N) is 1. The lowest BCUT2D eigenvalue weighted by Crippen LogP contribution is -2.35. The molecule has 1 amide bonds. The van der Waals surface area contributed by atoms with Gasteiger partial charge < -0.3 is 30.4 Å². The summed E-state index contributed by atoms with van der Waals surface area (Å²) < 4.78 is 16.0. The first-order chi connectivity index (χ1) is 12.2. The molecule has 0 aliphatic carbocycles. The molecule has 1 aliphatic rings. The van der Waals surface area contributed by atoms with Gasteiger partial charge in [-0.05, 0) is 18.7 Å². The molecule has 3 rings (SSSR count). The van der Waals surface area contributed by atoms with Crippen molar-refractivity contribution < 1.29 is 24.1 Å². The minimum Gasteiger partial charge on any atom is -0.491 e. The summed E-state index contributed by atoms with van der Waals surface area (Å²) in [5.41, 5.74) is 5.79. The highest BCUT2D eigenvalue weighted by Gasteiger charge is 2.15. The lowest BCUT2D eigenvalue weighted by molar-refractivity contribution is 0.0840. The topological polar surface area (TPSA) is 116 Å². The predicted molar refractivity (Wildman–Crippen MR) is 98.5 cm³/mol. The number of hydrogen-bond donors (Lipinski definition) is 3. The van der Waals surface area contributed by atoms with Gasteiger partial charge in [0, 0.05) is 24.4 Å². The van der Waals surface area contributed by atoms with Crippen molar-refractivity contribution in [1.29, 1.82) is 0 Å². The lowest BCUT2D eigenvalue weighted by Gasteiger charge is -2.13. The SMILES string of the molecule is Cl.NCCc1nc(C(=O)NCC(O)COc2ccc3c(c2)OCO3)cs1. The van der Waals surface area contributed by atoms with Gasteiger partial charge in [0.1, 0.15) is 24.2 Å². The molecule has 1 aromatic carbocycles. The Morgan fingerprint density at radius 2 is 2.23 bits per heavy atom. The Labute approximate surface area is 160 Å². The van der Waals surface area contributed by atoms with Gasteiger partial charge in [0.15, 0.2) is 11.5 Å². The fraction of sp³-hybridized carbons (Fsp3) is 0.375. The Balaban J connectivity index is 0.00000243. The van der Waals surface area contributed by atoms with Crippen molar-refractivity contribution in [3.8, 4) is 17.2 Å². The molecule has 0 saturated carbocycles. The number of amides is 1. The van der Waals surface area contributed by atoms with E-state index in [1.54, 1.807) is 23.6 Å². The molecule has 1 aliphatic heterocycles. The van der Waals surface area contributed by atoms with Gasteiger partial charge in [-0.2, -0.15) is 0 Å². The molecular formula is C16H20ClN3O5S. The zero-order valence-electron chi connectivity index (χ0n) is 13.8. The zero-order valence-corrected chi connectivity index (χ0v) is 15.5. The van der Waals surface area contributed by atoms with E-state index < -0.39 is 6.10 Å². The van der Waals surface area contributed by atoms with Crippen LogP contribution in [0.2, 0.25) is 0 Å². The van der Waals surface area contributed by atoms with Gasteiger partial charge in [-0.15, -0.1) is 23.7 Å². The Hall–Kier alpha value is -2.07. The predicted octanol–water partition coefficient (Wildman–Crippen LogP) is 0.965. The van der Waals surface area contributed by atoms with Gasteiger partial charge in [-0.1, -0.05) is 0 Å². The van der Waals surface area contributed by atoms with Crippen molar-refractivity contribution in [3.05, 3.63) is 34.3 Å². The molecular weight excluding hydrogens is 382 g/mol. The number of hydrogen-bond acceptors (Lipinski definition) is 8. The van der Waals surface area contributed by atoms with E-state index in [-0.39, 0.29) is 38.3 Å². The van der Waals surface area contributed by atoms with Gasteiger partial charge in [0.25, 0.3) is 5.91 Å². The molecule has 0 radical (unpaired) electrons. The first-order valence-electron chi connectivity index (χ1n) is 7.79. The van der Waals surface area contributed by atoms with E-state index in [1.807, 2.05) is 0 Å². The van der Waals surface area contributed by atoms with Gasteiger partial charge in [0.2, 0.25) is 6.79 Å². The third-order valence-electron chi connectivity index (χ3n) is 3.43. The minimum absolute atomic E-state index is 0. The van der Waals surface area contributed by atoms with E-state index in [2.05, 4.69) is 10.3 Å². The monoisotopic (exact) mass is 401 g/mol. The number of nitrogens with one attached hydrogen (secondary N) is 1. The van der Waals surface area contributed by atoms with Crippen molar-refractivity contribution in [2.24, 2.45) is 5.73 Å². The van der Waals surface area contributed by atoms with Crippen LogP contribution in [0.5, 0.6) is 17.2 Å². The van der Waals surface area contributed by atoms with Gasteiger partial charge in [-0.25, -0.2) is 4.98 Å². The molecule has 0 spiro atoms. The summed E-state index contributed by atoms with van der Waals surface area (Å²) in [6, 6.07) is 5.17. The van der Waals surface area contributed by atoms with Crippen molar-refractivity contribution in [2.45, 2.75) is 12.5 Å². The molecule has 0 fully saturated rings. The number of aliphatic hydroxyl groups is 1. The van der Waals surface area contributed by atoms with Crippen LogP contribution in [0, 0.1) is 0 Å². The van der Waals surface area contributed by atoms with Crippen LogP contribution in [0.1, 0.15) is 15.5 Å². The number of rotatable bonds is 8. The Morgan fingerprint density at radius 1 is 1.42 bits per heavy atom. The maximum absolute atomic E-state index is 12.0. The first-order valence-corrected chi connectivity index (χ1v) is 8.67. The number of fused-ring (bicyclic) bond motifs is 1. The molecule has 2 heterocycles. The second kappa shape index (κ2) is 9.58. The Bertz CT molecular complexity index is 742. The standard InChI is InChI=1S/C16H19N3O5S.ClH/c17-4-3-15-19-12(8-25-15)16(21)18-6-10(20)7-22-11-1-2-13-14(5-11)24-9-23-13;/h1-2,5,8,10,20H,3-4,6-7,9,17H2,(H,18,21);1H. The third-order valence-corrected chi connectivity index (χ3v) is 4.34. The summed E-state index contributed by atoms with van der Waals surface area (Å²) in [5.74, 6) is 1.50. The summed E-state index contributed by atoms with van der Waals surface area (Å²) in [6.45, 7) is 0.782. The largest absolute Gasteiger partial charge is 0.491 e. The van der Waals surface area contributed by atoms with Crippen molar-refractivity contribution in [2.75, 3.05) is 26.5 Å². The fourth-order valence-electron chi connectivity index (χ4n) is 2.17. The minimum atomic E-state index is -0.850. The maximum atomic E-state index is 12.0. The molecule has 8 nitrogen and oxygen atoms in total. The second-order valence-electron chi connectivity index (χ2n) is 5.36. The molecule has 4 N–H and O–H groups in total. The molecule has 1 unspecified atom stereocenters. The van der Waals surface area contributed by atoms with Crippen LogP contribution in [0.15, 0.2) is 23.6 Å². The first kappa shape index (κ1) is 20.2. The molecule has 10 heteroatoms.